The number of ether oxygens (including phenoxy) is 1. The largest absolute Gasteiger partial charge is 0.450 e. The summed E-state index contributed by atoms with van der Waals surface area (Å²) in [5, 5.41) is 7.64. The van der Waals surface area contributed by atoms with Gasteiger partial charge >= 0.3 is 6.09 Å². The fourth-order valence-electron chi connectivity index (χ4n) is 2.31. The highest BCUT2D eigenvalue weighted by atomic mass is 16.6. The number of carbonyl (C=O) groups excluding carboxylic acids is 1. The van der Waals surface area contributed by atoms with Gasteiger partial charge in [0.2, 0.25) is 0 Å². The summed E-state index contributed by atoms with van der Waals surface area (Å²) < 4.78 is 6.70. The lowest BCUT2D eigenvalue weighted by Crippen LogP contribution is -2.44. The summed E-state index contributed by atoms with van der Waals surface area (Å²) in [6, 6.07) is 0.438. The maximum atomic E-state index is 11.6. The van der Waals surface area contributed by atoms with Crippen LogP contribution in [0.1, 0.15) is 25.3 Å². The lowest BCUT2D eigenvalue weighted by atomic mass is 10.1. The number of rotatable bonds is 5. The molecule has 6 nitrogen and oxygen atoms in total. The molecule has 2 heterocycles. The molecule has 1 aliphatic rings. The van der Waals surface area contributed by atoms with Crippen LogP contribution in [0.25, 0.3) is 6.20 Å². The van der Waals surface area contributed by atoms with Crippen LogP contribution >= 0.6 is 0 Å². The summed E-state index contributed by atoms with van der Waals surface area (Å²) in [5.41, 5.74) is 1.14. The quantitative estimate of drug-likeness (QED) is 0.890. The maximum Gasteiger partial charge on any atom is 0.409 e. The van der Waals surface area contributed by atoms with E-state index in [0.717, 1.165) is 38.0 Å². The Balaban J connectivity index is 1.71. The molecular weight excluding hydrogens is 256 g/mol. The third kappa shape index (κ3) is 3.84. The van der Waals surface area contributed by atoms with Gasteiger partial charge < -0.3 is 15.0 Å². The lowest BCUT2D eigenvalue weighted by molar-refractivity contribution is 0.0950. The van der Waals surface area contributed by atoms with Gasteiger partial charge in [-0.1, -0.05) is 6.58 Å². The van der Waals surface area contributed by atoms with E-state index in [9.17, 15) is 4.79 Å². The monoisotopic (exact) mass is 278 g/mol. The number of piperidine rings is 1. The number of amides is 1. The predicted octanol–water partition coefficient (Wildman–Crippen LogP) is 1.69. The van der Waals surface area contributed by atoms with E-state index in [-0.39, 0.29) is 6.09 Å². The molecule has 0 spiro atoms. The summed E-state index contributed by atoms with van der Waals surface area (Å²) in [5.74, 6) is 0. The third-order valence-corrected chi connectivity index (χ3v) is 3.46. The minimum Gasteiger partial charge on any atom is -0.450 e. The Morgan fingerprint density at radius 1 is 1.60 bits per heavy atom. The Morgan fingerprint density at radius 2 is 2.35 bits per heavy atom. The second kappa shape index (κ2) is 7.09. The first-order valence-corrected chi connectivity index (χ1v) is 7.03. The van der Waals surface area contributed by atoms with Gasteiger partial charge in [-0.25, -0.2) is 9.48 Å². The Morgan fingerprint density at radius 3 is 2.95 bits per heavy atom. The van der Waals surface area contributed by atoms with Crippen LogP contribution in [-0.2, 0) is 11.3 Å². The van der Waals surface area contributed by atoms with Gasteiger partial charge in [-0.05, 0) is 19.8 Å². The number of hydrogen-bond acceptors (Lipinski definition) is 4. The summed E-state index contributed by atoms with van der Waals surface area (Å²) in [6.45, 7) is 8.22. The Hall–Kier alpha value is -1.82. The van der Waals surface area contributed by atoms with Crippen LogP contribution in [0.4, 0.5) is 4.79 Å². The van der Waals surface area contributed by atoms with E-state index in [0.29, 0.717) is 12.6 Å². The molecule has 0 radical (unpaired) electrons. The van der Waals surface area contributed by atoms with Crippen LogP contribution in [0.15, 0.2) is 19.0 Å². The van der Waals surface area contributed by atoms with E-state index >= 15 is 0 Å². The highest BCUT2D eigenvalue weighted by Gasteiger charge is 2.23. The van der Waals surface area contributed by atoms with Crippen molar-refractivity contribution in [3.8, 4) is 0 Å². The van der Waals surface area contributed by atoms with Gasteiger partial charge in [0.15, 0.2) is 0 Å². The van der Waals surface area contributed by atoms with Gasteiger partial charge in [0.1, 0.15) is 0 Å². The molecule has 0 saturated carbocycles. The van der Waals surface area contributed by atoms with Crippen LogP contribution in [0.5, 0.6) is 0 Å². The van der Waals surface area contributed by atoms with E-state index in [2.05, 4.69) is 17.0 Å². The van der Waals surface area contributed by atoms with Crippen LogP contribution in [0, 0.1) is 0 Å². The van der Waals surface area contributed by atoms with Gasteiger partial charge in [0.05, 0.1) is 12.8 Å². The first kappa shape index (κ1) is 14.6. The maximum absolute atomic E-state index is 11.6. The highest BCUT2D eigenvalue weighted by Crippen LogP contribution is 2.12. The molecule has 0 atom stereocenters. The summed E-state index contributed by atoms with van der Waals surface area (Å²) in [7, 11) is 0. The van der Waals surface area contributed by atoms with Gasteiger partial charge in [-0.15, -0.1) is 0 Å². The van der Waals surface area contributed by atoms with Crippen molar-refractivity contribution >= 4 is 12.3 Å². The normalized spacial score (nSPS) is 16.1. The minimum atomic E-state index is -0.196. The topological polar surface area (TPSA) is 59.4 Å². The van der Waals surface area contributed by atoms with Crippen LogP contribution in [0.3, 0.4) is 0 Å². The Kier molecular flexibility index (Phi) is 5.17. The summed E-state index contributed by atoms with van der Waals surface area (Å²) in [6.07, 6.45) is 7.17. The molecule has 1 saturated heterocycles. The molecule has 0 aromatic carbocycles. The average Bonchev–Trinajstić information content (AvgIpc) is 2.94. The average molecular weight is 278 g/mol. The molecular formula is C14H22N4O2. The van der Waals surface area contributed by atoms with Gasteiger partial charge in [-0.3, -0.25) is 0 Å². The van der Waals surface area contributed by atoms with Gasteiger partial charge in [0, 0.05) is 43.6 Å². The Bertz CT molecular complexity index is 450. The number of hydrogen-bond donors (Lipinski definition) is 1. The third-order valence-electron chi connectivity index (χ3n) is 3.46. The molecule has 1 amide bonds. The van der Waals surface area contributed by atoms with Crippen molar-refractivity contribution in [3.63, 3.8) is 0 Å². The predicted molar refractivity (Wildman–Crippen MR) is 77.1 cm³/mol. The number of nitrogens with one attached hydrogen (secondary N) is 1. The molecule has 20 heavy (non-hydrogen) atoms. The smallest absolute Gasteiger partial charge is 0.409 e. The zero-order valence-corrected chi connectivity index (χ0v) is 11.9. The van der Waals surface area contributed by atoms with Crippen LogP contribution < -0.4 is 5.32 Å². The van der Waals surface area contributed by atoms with Crippen molar-refractivity contribution < 1.29 is 9.53 Å². The minimum absolute atomic E-state index is 0.196. The van der Waals surface area contributed by atoms with Crippen molar-refractivity contribution in [2.75, 3.05) is 19.7 Å². The standard InChI is InChI=1S/C14H22N4O2/c1-3-18-11-12(10-16-18)9-15-13-5-7-17(8-6-13)14(19)20-4-2/h3,10-11,13,15H,1,4-9H2,2H3. The molecule has 0 bridgehead atoms. The number of carbonyl (C=O) groups is 1. The molecule has 1 aromatic heterocycles. The van der Waals surface area contributed by atoms with Crippen molar-refractivity contribution in [2.24, 2.45) is 0 Å². The Labute approximate surface area is 119 Å². The van der Waals surface area contributed by atoms with E-state index in [4.69, 9.17) is 4.74 Å². The van der Waals surface area contributed by atoms with Crippen molar-refractivity contribution in [1.29, 1.82) is 0 Å². The van der Waals surface area contributed by atoms with Crippen LogP contribution in [0.2, 0.25) is 0 Å². The molecule has 2 rings (SSSR count). The first-order valence-electron chi connectivity index (χ1n) is 7.03. The number of likely N-dealkylation sites (tertiary alicyclic amines) is 1. The molecule has 1 N–H and O–H groups in total. The second-order valence-corrected chi connectivity index (χ2v) is 4.85. The highest BCUT2D eigenvalue weighted by molar-refractivity contribution is 5.67. The fraction of sp³-hybridized carbons (Fsp3) is 0.571. The number of nitrogens with zero attached hydrogens (tertiary/aromatic N) is 3. The van der Waals surface area contributed by atoms with E-state index < -0.39 is 0 Å². The van der Waals surface area contributed by atoms with E-state index in [1.165, 1.54) is 0 Å². The molecule has 1 fully saturated rings. The second-order valence-electron chi connectivity index (χ2n) is 4.85. The molecule has 0 aliphatic carbocycles. The van der Waals surface area contributed by atoms with Crippen molar-refractivity contribution in [2.45, 2.75) is 32.4 Å². The summed E-state index contributed by atoms with van der Waals surface area (Å²) >= 11 is 0. The first-order chi connectivity index (χ1) is 9.72. The molecule has 1 aliphatic heterocycles. The van der Waals surface area contributed by atoms with Gasteiger partial charge in [-0.2, -0.15) is 5.10 Å². The number of aromatic nitrogens is 2. The lowest BCUT2D eigenvalue weighted by Gasteiger charge is -2.31. The molecule has 110 valence electrons. The zero-order chi connectivity index (χ0) is 14.4. The van der Waals surface area contributed by atoms with Crippen molar-refractivity contribution in [3.05, 3.63) is 24.5 Å². The molecule has 6 heteroatoms. The zero-order valence-electron chi connectivity index (χ0n) is 11.9. The van der Waals surface area contributed by atoms with Gasteiger partial charge in [0.25, 0.3) is 0 Å². The molecule has 0 unspecified atom stereocenters. The molecule has 1 aromatic rings. The van der Waals surface area contributed by atoms with E-state index in [1.54, 1.807) is 15.8 Å². The fourth-order valence-corrected chi connectivity index (χ4v) is 2.31. The summed E-state index contributed by atoms with van der Waals surface area (Å²) in [4.78, 5) is 13.4. The van der Waals surface area contributed by atoms with Crippen LogP contribution in [-0.4, -0.2) is 46.5 Å². The SMILES string of the molecule is C=Cn1cc(CNC2CCN(C(=O)OCC)CC2)cn1. The van der Waals surface area contributed by atoms with Crippen molar-refractivity contribution in [1.82, 2.24) is 20.0 Å². The van der Waals surface area contributed by atoms with E-state index in [1.807, 2.05) is 19.3 Å².